The van der Waals surface area contributed by atoms with Crippen molar-refractivity contribution < 1.29 is 20.0 Å². The molecule has 4 nitrogen and oxygen atoms in total. The van der Waals surface area contributed by atoms with Crippen molar-refractivity contribution in [3.05, 3.63) is 29.3 Å². The summed E-state index contributed by atoms with van der Waals surface area (Å²) < 4.78 is 5.20. The molecule has 5 heteroatoms. The molecule has 1 aromatic carbocycles. The van der Waals surface area contributed by atoms with Crippen LogP contribution < -0.4 is 15.2 Å². The molecule has 2 rings (SSSR count). The molecular weight excluding hydrogens is 238 g/mol. The minimum absolute atomic E-state index is 0.141. The second-order valence-electron chi connectivity index (χ2n) is 4.10. The van der Waals surface area contributed by atoms with E-state index in [2.05, 4.69) is 0 Å². The third-order valence-electron chi connectivity index (χ3n) is 2.91. The number of nitrogens with two attached hydrogens (primary N) is 1. The summed E-state index contributed by atoms with van der Waals surface area (Å²) in [7, 11) is 1.64. The van der Waals surface area contributed by atoms with E-state index < -0.39 is 12.0 Å². The first kappa shape index (κ1) is 12.3. The molecule has 0 saturated carbocycles. The highest BCUT2D eigenvalue weighted by Gasteiger charge is 2.30. The molecule has 0 amide bonds. The summed E-state index contributed by atoms with van der Waals surface area (Å²) in [6, 6.07) is 5.51. The van der Waals surface area contributed by atoms with Gasteiger partial charge in [0.25, 0.3) is 0 Å². The fraction of sp³-hybridized carbons (Fsp3) is 0.417. The number of hydrogen-bond acceptors (Lipinski definition) is 4. The van der Waals surface area contributed by atoms with Crippen LogP contribution in [0.2, 0.25) is 0 Å². The minimum atomic E-state index is -0.981. The molecule has 0 aromatic heterocycles. The molecule has 1 aliphatic rings. The van der Waals surface area contributed by atoms with Crippen LogP contribution in [-0.4, -0.2) is 24.9 Å². The Kier molecular flexibility index (Phi) is 3.59. The van der Waals surface area contributed by atoms with Gasteiger partial charge in [0.15, 0.2) is 5.37 Å². The fourth-order valence-electron chi connectivity index (χ4n) is 1.96. The van der Waals surface area contributed by atoms with Crippen molar-refractivity contribution in [2.75, 3.05) is 12.9 Å². The molecule has 2 N–H and O–H groups in total. The van der Waals surface area contributed by atoms with Crippen LogP contribution in [0.5, 0.6) is 5.75 Å². The average molecular weight is 253 g/mol. The second-order valence-corrected chi connectivity index (χ2v) is 5.28. The molecule has 1 aliphatic heterocycles. The van der Waals surface area contributed by atoms with Crippen LogP contribution in [0, 0.1) is 6.92 Å². The van der Waals surface area contributed by atoms with E-state index >= 15 is 0 Å². The highest BCUT2D eigenvalue weighted by atomic mass is 32.2. The van der Waals surface area contributed by atoms with Gasteiger partial charge in [0, 0.05) is 5.56 Å². The number of methoxy groups -OCH3 is 1. The molecule has 0 aliphatic carbocycles. The topological polar surface area (TPSA) is 66.0 Å². The molecule has 0 bridgehead atoms. The molecule has 0 spiro atoms. The minimum Gasteiger partial charge on any atom is -0.544 e. The molecule has 1 heterocycles. The van der Waals surface area contributed by atoms with Crippen LogP contribution in [0.1, 0.15) is 16.5 Å². The zero-order valence-corrected chi connectivity index (χ0v) is 10.6. The quantitative estimate of drug-likeness (QED) is 0.783. The Labute approximate surface area is 104 Å². The number of carboxylic acid groups (broad SMARTS) is 1. The van der Waals surface area contributed by atoms with Gasteiger partial charge in [0.2, 0.25) is 0 Å². The third-order valence-corrected chi connectivity index (χ3v) is 4.25. The van der Waals surface area contributed by atoms with Gasteiger partial charge >= 0.3 is 0 Å². The van der Waals surface area contributed by atoms with Crippen LogP contribution >= 0.6 is 11.8 Å². The lowest BCUT2D eigenvalue weighted by Gasteiger charge is -2.12. The van der Waals surface area contributed by atoms with Gasteiger partial charge in [-0.1, -0.05) is 11.8 Å². The number of ether oxygens (including phenoxy) is 1. The van der Waals surface area contributed by atoms with E-state index in [9.17, 15) is 9.90 Å². The summed E-state index contributed by atoms with van der Waals surface area (Å²) in [6.45, 7) is 1.98. The molecule has 1 aromatic rings. The number of carbonyl (C=O) groups excluding carboxylic acids is 1. The van der Waals surface area contributed by atoms with Crippen molar-refractivity contribution in [2.45, 2.75) is 18.3 Å². The van der Waals surface area contributed by atoms with Gasteiger partial charge < -0.3 is 20.0 Å². The van der Waals surface area contributed by atoms with E-state index in [-0.39, 0.29) is 5.37 Å². The number of benzene rings is 1. The van der Waals surface area contributed by atoms with Gasteiger partial charge in [-0.3, -0.25) is 0 Å². The molecular formula is C12H15NO3S. The highest BCUT2D eigenvalue weighted by molar-refractivity contribution is 7.99. The molecule has 17 heavy (non-hydrogen) atoms. The Morgan fingerprint density at radius 2 is 2.35 bits per heavy atom. The maximum absolute atomic E-state index is 10.8. The van der Waals surface area contributed by atoms with Crippen molar-refractivity contribution in [2.24, 2.45) is 0 Å². The van der Waals surface area contributed by atoms with E-state index in [1.807, 2.05) is 30.4 Å². The lowest BCUT2D eigenvalue weighted by molar-refractivity contribution is -0.690. The largest absolute Gasteiger partial charge is 0.544 e. The molecule has 0 unspecified atom stereocenters. The first-order valence-corrected chi connectivity index (χ1v) is 6.48. The summed E-state index contributed by atoms with van der Waals surface area (Å²) in [5.41, 5.74) is 2.19. The van der Waals surface area contributed by atoms with Crippen molar-refractivity contribution in [1.29, 1.82) is 0 Å². The van der Waals surface area contributed by atoms with Gasteiger partial charge in [0.1, 0.15) is 17.8 Å². The standard InChI is InChI=1S/C12H15NO3S/c1-7-5-8(3-4-10(7)16-2)11-13-9(6-17-11)12(14)15/h3-5,9,11,13H,6H2,1-2H3,(H,14,15)/t9-,11+/m1/s1. The smallest absolute Gasteiger partial charge is 0.159 e. The van der Waals surface area contributed by atoms with E-state index in [1.165, 1.54) is 0 Å². The number of carboxylic acids is 1. The normalized spacial score (nSPS) is 23.6. The Bertz CT molecular complexity index is 436. The van der Waals surface area contributed by atoms with Crippen LogP contribution in [0.15, 0.2) is 18.2 Å². The van der Waals surface area contributed by atoms with Crippen molar-refractivity contribution in [1.82, 2.24) is 0 Å². The van der Waals surface area contributed by atoms with E-state index in [1.54, 1.807) is 18.9 Å². The first-order valence-electron chi connectivity index (χ1n) is 5.44. The lowest BCUT2D eigenvalue weighted by Crippen LogP contribution is -2.90. The number of thioether (sulfide) groups is 1. The Balaban J connectivity index is 2.14. The number of aryl methyl sites for hydroxylation is 1. The Morgan fingerprint density at radius 1 is 1.59 bits per heavy atom. The van der Waals surface area contributed by atoms with Crippen LogP contribution in [0.25, 0.3) is 0 Å². The van der Waals surface area contributed by atoms with Crippen LogP contribution in [0.3, 0.4) is 0 Å². The average Bonchev–Trinajstić information content (AvgIpc) is 2.78. The summed E-state index contributed by atoms with van der Waals surface area (Å²) in [5.74, 6) is 0.469. The Morgan fingerprint density at radius 3 is 2.88 bits per heavy atom. The number of hydrogen-bond donors (Lipinski definition) is 1. The zero-order valence-electron chi connectivity index (χ0n) is 9.80. The monoisotopic (exact) mass is 253 g/mol. The molecule has 1 fully saturated rings. The molecule has 2 atom stereocenters. The fourth-order valence-corrected chi connectivity index (χ4v) is 3.26. The number of aliphatic carboxylic acids is 1. The summed E-state index contributed by atoms with van der Waals surface area (Å²) in [5, 5.41) is 12.8. The summed E-state index contributed by atoms with van der Waals surface area (Å²) in [4.78, 5) is 10.8. The predicted molar refractivity (Wildman–Crippen MR) is 63.7 cm³/mol. The highest BCUT2D eigenvalue weighted by Crippen LogP contribution is 2.29. The van der Waals surface area contributed by atoms with Gasteiger partial charge in [-0.25, -0.2) is 0 Å². The Hall–Kier alpha value is -1.20. The van der Waals surface area contributed by atoms with E-state index in [4.69, 9.17) is 4.74 Å². The van der Waals surface area contributed by atoms with Crippen molar-refractivity contribution in [3.8, 4) is 5.75 Å². The molecule has 92 valence electrons. The van der Waals surface area contributed by atoms with Crippen molar-refractivity contribution >= 4 is 17.7 Å². The number of rotatable bonds is 3. The van der Waals surface area contributed by atoms with Gasteiger partial charge in [-0.15, -0.1) is 0 Å². The lowest BCUT2D eigenvalue weighted by atomic mass is 10.1. The zero-order chi connectivity index (χ0) is 12.4. The maximum Gasteiger partial charge on any atom is 0.159 e. The summed E-state index contributed by atoms with van der Waals surface area (Å²) in [6.07, 6.45) is 0. The van der Waals surface area contributed by atoms with Crippen LogP contribution in [0.4, 0.5) is 0 Å². The SMILES string of the molecule is COc1ccc([C@H]2[NH2+][C@@H](C(=O)[O-])CS2)cc1C. The van der Waals surface area contributed by atoms with Gasteiger partial charge in [-0.05, 0) is 30.7 Å². The first-order chi connectivity index (χ1) is 8.11. The van der Waals surface area contributed by atoms with Crippen molar-refractivity contribution in [3.63, 3.8) is 0 Å². The summed E-state index contributed by atoms with van der Waals surface area (Å²) >= 11 is 1.64. The number of carbonyl (C=O) groups is 1. The van der Waals surface area contributed by atoms with E-state index in [0.29, 0.717) is 5.75 Å². The maximum atomic E-state index is 10.8. The van der Waals surface area contributed by atoms with Crippen LogP contribution in [-0.2, 0) is 4.79 Å². The molecule has 1 saturated heterocycles. The van der Waals surface area contributed by atoms with Gasteiger partial charge in [0.05, 0.1) is 12.9 Å². The predicted octanol–water partition coefficient (Wildman–Crippen LogP) is -0.569. The van der Waals surface area contributed by atoms with E-state index in [0.717, 1.165) is 16.9 Å². The third kappa shape index (κ3) is 2.56. The molecule has 0 radical (unpaired) electrons. The number of quaternary nitrogens is 1. The van der Waals surface area contributed by atoms with Gasteiger partial charge in [-0.2, -0.15) is 0 Å². The second kappa shape index (κ2) is 4.98.